The van der Waals surface area contributed by atoms with Gasteiger partial charge in [0.2, 0.25) is 0 Å². The summed E-state index contributed by atoms with van der Waals surface area (Å²) < 4.78 is 15.2. The zero-order valence-electron chi connectivity index (χ0n) is 10.5. The topological polar surface area (TPSA) is 43.8 Å². The van der Waals surface area contributed by atoms with Gasteiger partial charge in [-0.2, -0.15) is 5.10 Å². The maximum Gasteiger partial charge on any atom is 0.123 e. The Kier molecular flexibility index (Phi) is 4.04. The van der Waals surface area contributed by atoms with Crippen LogP contribution < -0.4 is 5.73 Å². The van der Waals surface area contributed by atoms with Crippen LogP contribution in [-0.2, 0) is 19.3 Å². The first-order chi connectivity index (χ1) is 8.58. The fraction of sp³-hybridized carbons (Fsp3) is 0.308. The Morgan fingerprint density at radius 1 is 1.28 bits per heavy atom. The van der Waals surface area contributed by atoms with E-state index in [1.165, 1.54) is 6.07 Å². The lowest BCUT2D eigenvalue weighted by molar-refractivity contribution is 0.624. The predicted molar refractivity (Wildman–Crippen MR) is 71.8 cm³/mol. The lowest BCUT2D eigenvalue weighted by Crippen LogP contribution is -1.98. The molecule has 0 aliphatic heterocycles. The molecule has 0 fully saturated rings. The van der Waals surface area contributed by atoms with E-state index in [0.717, 1.165) is 21.8 Å². The van der Waals surface area contributed by atoms with Crippen molar-refractivity contribution in [3.8, 4) is 0 Å². The molecule has 5 heteroatoms. The van der Waals surface area contributed by atoms with E-state index >= 15 is 0 Å². The van der Waals surface area contributed by atoms with Crippen LogP contribution in [-0.4, -0.2) is 9.78 Å². The molecule has 0 unspecified atom stereocenters. The van der Waals surface area contributed by atoms with E-state index in [0.29, 0.717) is 12.3 Å². The van der Waals surface area contributed by atoms with Crippen LogP contribution in [0.4, 0.5) is 4.39 Å². The van der Waals surface area contributed by atoms with Crippen molar-refractivity contribution in [1.82, 2.24) is 9.78 Å². The molecular formula is C13H16FN3S. The molecule has 1 aromatic heterocycles. The molecule has 1 heterocycles. The van der Waals surface area contributed by atoms with E-state index in [9.17, 15) is 4.39 Å². The minimum atomic E-state index is -0.227. The summed E-state index contributed by atoms with van der Waals surface area (Å²) in [6, 6.07) is 6.99. The molecular weight excluding hydrogens is 249 g/mol. The van der Waals surface area contributed by atoms with Gasteiger partial charge in [0.15, 0.2) is 0 Å². The van der Waals surface area contributed by atoms with Gasteiger partial charge in [-0.25, -0.2) is 4.39 Å². The third kappa shape index (κ3) is 3.11. The lowest BCUT2D eigenvalue weighted by Gasteiger charge is -2.05. The highest BCUT2D eigenvalue weighted by Crippen LogP contribution is 2.24. The Bertz CT molecular complexity index is 551. The van der Waals surface area contributed by atoms with Crippen LogP contribution in [0.1, 0.15) is 16.8 Å². The summed E-state index contributed by atoms with van der Waals surface area (Å²) in [6.07, 6.45) is 0. The minimum Gasteiger partial charge on any atom is -0.326 e. The molecule has 3 nitrogen and oxygen atoms in total. The van der Waals surface area contributed by atoms with Crippen LogP contribution in [0, 0.1) is 12.7 Å². The highest BCUT2D eigenvalue weighted by molar-refractivity contribution is 7.98. The maximum absolute atomic E-state index is 13.3. The van der Waals surface area contributed by atoms with Gasteiger partial charge in [-0.3, -0.25) is 4.68 Å². The molecule has 1 aromatic carbocycles. The zero-order chi connectivity index (χ0) is 13.1. The first kappa shape index (κ1) is 13.1. The molecule has 0 bridgehead atoms. The second-order valence-electron chi connectivity index (χ2n) is 4.21. The number of hydrogen-bond acceptors (Lipinski definition) is 3. The number of nitrogens with zero attached hydrogens (tertiary/aromatic N) is 2. The molecule has 0 saturated heterocycles. The molecule has 2 N–H and O–H groups in total. The van der Waals surface area contributed by atoms with E-state index < -0.39 is 0 Å². The Labute approximate surface area is 110 Å². The third-order valence-corrected chi connectivity index (χ3v) is 3.75. The monoisotopic (exact) mass is 265 g/mol. The molecule has 2 aromatic rings. The number of rotatable bonds is 4. The molecule has 2 rings (SSSR count). The summed E-state index contributed by atoms with van der Waals surface area (Å²) in [5.74, 6) is 0.485. The summed E-state index contributed by atoms with van der Waals surface area (Å²) in [6.45, 7) is 2.32. The standard InChI is InChI=1S/C13H16FN3S/c1-9-3-13(17(2)16-9)18-8-11-4-10(7-15)5-12(14)6-11/h3-6H,7-8,15H2,1-2H3. The molecule has 0 spiro atoms. The molecule has 0 aliphatic carbocycles. The average molecular weight is 265 g/mol. The fourth-order valence-electron chi connectivity index (χ4n) is 1.80. The Morgan fingerprint density at radius 3 is 2.61 bits per heavy atom. The summed E-state index contributed by atoms with van der Waals surface area (Å²) >= 11 is 1.64. The number of halogens is 1. The SMILES string of the molecule is Cc1cc(SCc2cc(F)cc(CN)c2)n(C)n1. The highest BCUT2D eigenvalue weighted by atomic mass is 32.2. The van der Waals surface area contributed by atoms with Crippen molar-refractivity contribution in [2.45, 2.75) is 24.2 Å². The van der Waals surface area contributed by atoms with Crippen molar-refractivity contribution >= 4 is 11.8 Å². The normalized spacial score (nSPS) is 10.9. The number of benzene rings is 1. The largest absolute Gasteiger partial charge is 0.326 e. The van der Waals surface area contributed by atoms with E-state index in [1.807, 2.05) is 30.8 Å². The number of thioether (sulfide) groups is 1. The molecule has 0 saturated carbocycles. The minimum absolute atomic E-state index is 0.227. The summed E-state index contributed by atoms with van der Waals surface area (Å²) in [7, 11) is 1.91. The van der Waals surface area contributed by atoms with E-state index in [-0.39, 0.29) is 5.82 Å². The Hall–Kier alpha value is -1.33. The third-order valence-electron chi connectivity index (χ3n) is 2.60. The quantitative estimate of drug-likeness (QED) is 0.864. The van der Waals surface area contributed by atoms with Crippen LogP contribution in [0.2, 0.25) is 0 Å². The molecule has 0 atom stereocenters. The van der Waals surface area contributed by atoms with Crippen LogP contribution in [0.5, 0.6) is 0 Å². The second-order valence-corrected chi connectivity index (χ2v) is 5.20. The average Bonchev–Trinajstić information content (AvgIpc) is 2.64. The Balaban J connectivity index is 2.10. The Morgan fingerprint density at radius 2 is 2.00 bits per heavy atom. The molecule has 18 heavy (non-hydrogen) atoms. The van der Waals surface area contributed by atoms with Crippen LogP contribution in [0.15, 0.2) is 29.3 Å². The first-order valence-corrected chi connectivity index (χ1v) is 6.69. The van der Waals surface area contributed by atoms with E-state index in [1.54, 1.807) is 17.8 Å². The van der Waals surface area contributed by atoms with E-state index in [4.69, 9.17) is 5.73 Å². The summed E-state index contributed by atoms with van der Waals surface area (Å²) in [4.78, 5) is 0. The van der Waals surface area contributed by atoms with Crippen molar-refractivity contribution in [1.29, 1.82) is 0 Å². The smallest absolute Gasteiger partial charge is 0.123 e. The molecule has 0 amide bonds. The molecule has 96 valence electrons. The van der Waals surface area contributed by atoms with Crippen molar-refractivity contribution in [2.75, 3.05) is 0 Å². The van der Waals surface area contributed by atoms with Crippen LogP contribution >= 0.6 is 11.8 Å². The molecule has 0 radical (unpaired) electrons. The predicted octanol–water partition coefficient (Wildman–Crippen LogP) is 2.62. The summed E-state index contributed by atoms with van der Waals surface area (Å²) in [5.41, 5.74) is 8.29. The number of hydrogen-bond donors (Lipinski definition) is 1. The van der Waals surface area contributed by atoms with Gasteiger partial charge in [0.05, 0.1) is 10.7 Å². The van der Waals surface area contributed by atoms with Crippen molar-refractivity contribution in [3.05, 3.63) is 46.9 Å². The van der Waals surface area contributed by atoms with E-state index in [2.05, 4.69) is 5.10 Å². The van der Waals surface area contributed by atoms with Gasteiger partial charge in [-0.1, -0.05) is 6.07 Å². The van der Waals surface area contributed by atoms with Crippen LogP contribution in [0.3, 0.4) is 0 Å². The van der Waals surface area contributed by atoms with Gasteiger partial charge in [0.25, 0.3) is 0 Å². The fourth-order valence-corrected chi connectivity index (χ4v) is 2.76. The van der Waals surface area contributed by atoms with Crippen molar-refractivity contribution in [3.63, 3.8) is 0 Å². The maximum atomic E-state index is 13.3. The van der Waals surface area contributed by atoms with Crippen molar-refractivity contribution < 1.29 is 4.39 Å². The first-order valence-electron chi connectivity index (χ1n) is 5.70. The van der Waals surface area contributed by atoms with Gasteiger partial charge in [0, 0.05) is 19.3 Å². The van der Waals surface area contributed by atoms with Gasteiger partial charge in [-0.15, -0.1) is 11.8 Å². The van der Waals surface area contributed by atoms with Gasteiger partial charge < -0.3 is 5.73 Å². The number of nitrogens with two attached hydrogens (primary N) is 1. The van der Waals surface area contributed by atoms with Crippen LogP contribution in [0.25, 0.3) is 0 Å². The highest BCUT2D eigenvalue weighted by Gasteiger charge is 2.05. The lowest BCUT2D eigenvalue weighted by atomic mass is 10.1. The van der Waals surface area contributed by atoms with Gasteiger partial charge >= 0.3 is 0 Å². The number of aryl methyl sites for hydroxylation is 2. The van der Waals surface area contributed by atoms with Gasteiger partial charge in [0.1, 0.15) is 5.82 Å². The summed E-state index contributed by atoms with van der Waals surface area (Å²) in [5, 5.41) is 5.35. The van der Waals surface area contributed by atoms with Gasteiger partial charge in [-0.05, 0) is 36.2 Å². The van der Waals surface area contributed by atoms with Crippen molar-refractivity contribution in [2.24, 2.45) is 12.8 Å². The number of aromatic nitrogens is 2. The second kappa shape index (κ2) is 5.54. The molecule has 0 aliphatic rings. The zero-order valence-corrected chi connectivity index (χ0v) is 11.3.